The summed E-state index contributed by atoms with van der Waals surface area (Å²) in [6.07, 6.45) is 25.5. The van der Waals surface area contributed by atoms with Gasteiger partial charge >= 0.3 is 12.8 Å². The normalized spacial score (nSPS) is 13.3. The zero-order valence-corrected chi connectivity index (χ0v) is 29.6. The van der Waals surface area contributed by atoms with Crippen molar-refractivity contribution >= 4 is 24.1 Å². The fourth-order valence-electron chi connectivity index (χ4n) is 5.61. The van der Waals surface area contributed by atoms with Crippen molar-refractivity contribution in [2.24, 2.45) is 0 Å². The van der Waals surface area contributed by atoms with Crippen LogP contribution in [0.5, 0.6) is 5.75 Å². The Balaban J connectivity index is 1.56. The van der Waals surface area contributed by atoms with E-state index in [2.05, 4.69) is 12.0 Å². The Labute approximate surface area is 281 Å². The summed E-state index contributed by atoms with van der Waals surface area (Å²) < 4.78 is 51.3. The molecule has 2 aromatic carbocycles. The van der Waals surface area contributed by atoms with E-state index in [1.165, 1.54) is 103 Å². The first kappa shape index (κ1) is 40.2. The van der Waals surface area contributed by atoms with Crippen molar-refractivity contribution in [2.45, 2.75) is 148 Å². The topological polar surface area (TPSA) is 64.6 Å². The van der Waals surface area contributed by atoms with Gasteiger partial charge in [0.15, 0.2) is 0 Å². The Hall–Kier alpha value is -1.95. The molecule has 0 radical (unpaired) electrons. The lowest BCUT2D eigenvalue weighted by Gasteiger charge is -2.21. The van der Waals surface area contributed by atoms with Gasteiger partial charge in [-0.3, -0.25) is 4.79 Å². The lowest BCUT2D eigenvalue weighted by Crippen LogP contribution is -2.38. The average Bonchev–Trinajstić information content (AvgIpc) is 3.01. The second-order valence-corrected chi connectivity index (χ2v) is 15.2. The van der Waals surface area contributed by atoms with E-state index in [9.17, 15) is 18.1 Å². The molecule has 0 saturated carbocycles. The third-order valence-corrected chi connectivity index (χ3v) is 9.73. The summed E-state index contributed by atoms with van der Waals surface area (Å²) in [6, 6.07) is 10.0. The number of esters is 1. The van der Waals surface area contributed by atoms with Crippen LogP contribution in [0.3, 0.4) is 0 Å². The second kappa shape index (κ2) is 25.1. The number of ether oxygens (including phenoxy) is 1. The highest BCUT2D eigenvalue weighted by molar-refractivity contribution is 7.84. The lowest BCUT2D eigenvalue weighted by atomic mass is 10.0. The molecular weight excluding hydrogens is 627 g/mol. The molecule has 1 N–H and O–H groups in total. The average molecular weight is 684 g/mol. The van der Waals surface area contributed by atoms with Crippen LogP contribution in [0.15, 0.2) is 48.5 Å². The van der Waals surface area contributed by atoms with E-state index in [4.69, 9.17) is 20.5 Å². The van der Waals surface area contributed by atoms with Gasteiger partial charge in [-0.25, -0.2) is 18.4 Å². The summed E-state index contributed by atoms with van der Waals surface area (Å²) >= 11 is 6.13. The van der Waals surface area contributed by atoms with Crippen molar-refractivity contribution in [2.75, 3.05) is 6.61 Å². The maximum atomic E-state index is 13.8. The highest BCUT2D eigenvalue weighted by atomic mass is 35.7. The molecule has 2 aromatic rings. The number of hydrogen-bond acceptors (Lipinski definition) is 4. The molecule has 0 aliphatic rings. The van der Waals surface area contributed by atoms with Crippen molar-refractivity contribution < 1.29 is 27.4 Å². The Morgan fingerprint density at radius 3 is 1.61 bits per heavy atom. The highest BCUT2D eigenvalue weighted by Crippen LogP contribution is 2.48. The van der Waals surface area contributed by atoms with Gasteiger partial charge in [0.25, 0.3) is 0 Å². The number of rotatable bonds is 28. The molecule has 9 heteroatoms. The Morgan fingerprint density at radius 2 is 1.15 bits per heavy atom. The molecule has 0 amide bonds. The van der Waals surface area contributed by atoms with E-state index in [0.717, 1.165) is 37.5 Å². The third-order valence-electron chi connectivity index (χ3n) is 8.16. The number of nitrogens with one attached hydrogen (secondary N) is 1. The van der Waals surface area contributed by atoms with E-state index in [0.29, 0.717) is 6.42 Å². The number of carbonyl (C=O) groups is 1. The first-order valence-electron chi connectivity index (χ1n) is 17.7. The molecule has 0 fully saturated rings. The number of carbonyl (C=O) groups excluding carboxylic acids is 1. The van der Waals surface area contributed by atoms with Gasteiger partial charge < -0.3 is 9.26 Å². The molecule has 0 saturated heterocycles. The van der Waals surface area contributed by atoms with Gasteiger partial charge in [0, 0.05) is 17.3 Å². The molecular formula is C37H57ClF2NO4P. The molecule has 46 heavy (non-hydrogen) atoms. The van der Waals surface area contributed by atoms with Crippen molar-refractivity contribution in [3.8, 4) is 5.75 Å². The first-order valence-corrected chi connectivity index (χ1v) is 20.3. The Kier molecular flexibility index (Phi) is 22.0. The Morgan fingerprint density at radius 1 is 0.717 bits per heavy atom. The van der Waals surface area contributed by atoms with Crippen LogP contribution in [-0.2, 0) is 20.5 Å². The van der Waals surface area contributed by atoms with Crippen LogP contribution in [0.2, 0.25) is 0 Å². The molecule has 260 valence electrons. The van der Waals surface area contributed by atoms with E-state index >= 15 is 0 Å². The Bertz CT molecular complexity index is 1100. The number of unbranched alkanes of at least 4 members (excludes halogenated alkanes) is 19. The monoisotopic (exact) mass is 683 g/mol. The predicted octanol–water partition coefficient (Wildman–Crippen LogP) is 12.3. The van der Waals surface area contributed by atoms with Crippen molar-refractivity contribution in [1.82, 2.24) is 5.09 Å². The van der Waals surface area contributed by atoms with Crippen LogP contribution in [-0.4, -0.2) is 18.6 Å². The van der Waals surface area contributed by atoms with Crippen molar-refractivity contribution in [3.63, 3.8) is 0 Å². The minimum atomic E-state index is -4.03. The van der Waals surface area contributed by atoms with Crippen LogP contribution in [0, 0.1) is 11.6 Å². The number of para-hydroxylation sites is 1. The van der Waals surface area contributed by atoms with E-state index in [-0.39, 0.29) is 24.3 Å². The molecule has 0 aromatic heterocycles. The summed E-state index contributed by atoms with van der Waals surface area (Å²) in [4.78, 5) is 12.9. The maximum absolute atomic E-state index is 13.8. The minimum Gasteiger partial charge on any atom is -0.465 e. The van der Waals surface area contributed by atoms with E-state index in [1.807, 2.05) is 0 Å². The van der Waals surface area contributed by atoms with Gasteiger partial charge in [0.05, 0.1) is 6.61 Å². The maximum Gasteiger partial charge on any atom is 0.409 e. The van der Waals surface area contributed by atoms with Crippen LogP contribution < -0.4 is 9.61 Å². The molecule has 5 nitrogen and oxygen atoms in total. The number of hydrogen-bond donors (Lipinski definition) is 1. The third kappa shape index (κ3) is 20.3. The predicted molar refractivity (Wildman–Crippen MR) is 186 cm³/mol. The molecule has 0 aliphatic heterocycles. The molecule has 2 rings (SSSR count). The SMILES string of the molecule is CCCCCCCCCCCCCCCCCCCCCCOC(=O)[C@H](Cc1cc(F)cc(F)c1)NP(=O)(Cl)Oc1ccccc1. The van der Waals surface area contributed by atoms with Gasteiger partial charge in [-0.1, -0.05) is 147 Å². The zero-order valence-electron chi connectivity index (χ0n) is 28.0. The molecule has 0 heterocycles. The standard InChI is InChI=1S/C37H57ClF2NO4P/c1-2-3-4-5-6-7-8-9-10-11-12-13-14-15-16-17-18-19-20-24-27-44-37(42)36(30-32-28-33(39)31-34(40)29-32)41-46(38,43)45-35-25-22-21-23-26-35/h21-23,25-26,28-29,31,36H,2-20,24,27,30H2,1H3,(H,41,43)/t36-,46?/m0/s1. The summed E-state index contributed by atoms with van der Waals surface area (Å²) in [5.74, 6) is -2.01. The lowest BCUT2D eigenvalue weighted by molar-refractivity contribution is -0.145. The van der Waals surface area contributed by atoms with Gasteiger partial charge in [-0.2, -0.15) is 0 Å². The van der Waals surface area contributed by atoms with Crippen LogP contribution >= 0.6 is 18.1 Å². The van der Waals surface area contributed by atoms with Crippen LogP contribution in [0.4, 0.5) is 8.78 Å². The highest BCUT2D eigenvalue weighted by Gasteiger charge is 2.31. The fourth-order valence-corrected chi connectivity index (χ4v) is 7.21. The van der Waals surface area contributed by atoms with Gasteiger partial charge in [-0.05, 0) is 42.7 Å². The number of halogens is 3. The molecule has 0 bridgehead atoms. The van der Waals surface area contributed by atoms with E-state index in [1.54, 1.807) is 30.3 Å². The molecule has 2 atom stereocenters. The fraction of sp³-hybridized carbons (Fsp3) is 0.649. The summed E-state index contributed by atoms with van der Waals surface area (Å²) in [6.45, 7) is -1.57. The second-order valence-electron chi connectivity index (χ2n) is 12.4. The van der Waals surface area contributed by atoms with Crippen molar-refractivity contribution in [1.29, 1.82) is 0 Å². The largest absolute Gasteiger partial charge is 0.465 e. The molecule has 0 aliphatic carbocycles. The van der Waals surface area contributed by atoms with Crippen LogP contribution in [0.25, 0.3) is 0 Å². The molecule has 0 spiro atoms. The smallest absolute Gasteiger partial charge is 0.409 e. The van der Waals surface area contributed by atoms with E-state index < -0.39 is 30.5 Å². The zero-order chi connectivity index (χ0) is 33.3. The summed E-state index contributed by atoms with van der Waals surface area (Å²) in [5.41, 5.74) is 0.196. The summed E-state index contributed by atoms with van der Waals surface area (Å²) in [5, 5.41) is 2.52. The first-order chi connectivity index (χ1) is 22.3. The van der Waals surface area contributed by atoms with Gasteiger partial charge in [-0.15, -0.1) is 0 Å². The molecule has 1 unspecified atom stereocenters. The number of benzene rings is 2. The quantitative estimate of drug-likeness (QED) is 0.0549. The van der Waals surface area contributed by atoms with Crippen LogP contribution in [0.1, 0.15) is 141 Å². The van der Waals surface area contributed by atoms with Gasteiger partial charge in [0.2, 0.25) is 0 Å². The summed E-state index contributed by atoms with van der Waals surface area (Å²) in [7, 11) is 0. The van der Waals surface area contributed by atoms with Crippen molar-refractivity contribution in [3.05, 3.63) is 65.7 Å². The van der Waals surface area contributed by atoms with Gasteiger partial charge in [0.1, 0.15) is 23.4 Å². The minimum absolute atomic E-state index is 0.179.